The number of rotatable bonds is 1. The molecule has 0 spiro atoms. The Morgan fingerprint density at radius 1 is 1.86 bits per heavy atom. The van der Waals surface area contributed by atoms with E-state index in [1.54, 1.807) is 0 Å². The molecule has 0 saturated heterocycles. The molecule has 0 aliphatic heterocycles. The maximum Gasteiger partial charge on any atom is 0.274 e. The number of carbonyl (C=O) groups excluding carboxylic acids is 1. The largest absolute Gasteiger partial charge is 0.300 e. The molecule has 0 aromatic carbocycles. The molecule has 2 N–H and O–H groups in total. The van der Waals surface area contributed by atoms with Crippen molar-refractivity contribution in [3.63, 3.8) is 0 Å². The Bertz CT molecular complexity index is 101. The van der Waals surface area contributed by atoms with Crippen molar-refractivity contribution in [2.24, 2.45) is 0 Å². The topological polar surface area (TPSA) is 53.0 Å². The summed E-state index contributed by atoms with van der Waals surface area (Å²) in [6.45, 7) is 1.39. The van der Waals surface area contributed by atoms with Crippen LogP contribution < -0.4 is 4.72 Å². The number of nitrogens with one attached hydrogen (secondary N) is 2. The van der Waals surface area contributed by atoms with E-state index in [2.05, 4.69) is 12.8 Å². The van der Waals surface area contributed by atoms with Crippen LogP contribution in [0, 0.1) is 5.41 Å². The van der Waals surface area contributed by atoms with Gasteiger partial charge in [-0.05, 0) is 6.92 Å². The predicted octanol–water partition coefficient (Wildman–Crippen LogP) is -0.0129. The molecule has 7 heavy (non-hydrogen) atoms. The summed E-state index contributed by atoms with van der Waals surface area (Å²) in [5.74, 6) is -0.455. The van der Waals surface area contributed by atoms with Crippen molar-refractivity contribution in [2.75, 3.05) is 0 Å². The smallest absolute Gasteiger partial charge is 0.274 e. The van der Waals surface area contributed by atoms with E-state index in [1.807, 2.05) is 4.72 Å². The van der Waals surface area contributed by atoms with E-state index in [-0.39, 0.29) is 5.71 Å². The lowest BCUT2D eigenvalue weighted by molar-refractivity contribution is -0.113. The highest BCUT2D eigenvalue weighted by atomic mass is 32.1. The molecule has 0 saturated carbocycles. The second kappa shape index (κ2) is 2.63. The maximum absolute atomic E-state index is 10.1. The van der Waals surface area contributed by atoms with Gasteiger partial charge in [0.1, 0.15) is 0 Å². The van der Waals surface area contributed by atoms with Gasteiger partial charge in [0.2, 0.25) is 0 Å². The van der Waals surface area contributed by atoms with Gasteiger partial charge < -0.3 is 0 Å². The summed E-state index contributed by atoms with van der Waals surface area (Å²) in [4.78, 5) is 10.1. The zero-order chi connectivity index (χ0) is 5.86. The molecule has 0 fully saturated rings. The maximum atomic E-state index is 10.1. The Balaban J connectivity index is 3.58. The minimum atomic E-state index is -0.455. The predicted molar refractivity (Wildman–Crippen MR) is 30.5 cm³/mol. The number of hydrogen-bond donors (Lipinski definition) is 3. The van der Waals surface area contributed by atoms with Gasteiger partial charge in [-0.2, -0.15) is 0 Å². The van der Waals surface area contributed by atoms with Crippen molar-refractivity contribution >= 4 is 24.4 Å². The molecule has 0 atom stereocenters. The van der Waals surface area contributed by atoms with Crippen LogP contribution in [0.5, 0.6) is 0 Å². The fourth-order valence-corrected chi connectivity index (χ4v) is 0.252. The molecule has 0 unspecified atom stereocenters. The summed E-state index contributed by atoms with van der Waals surface area (Å²) in [5.41, 5.74) is -0.0324. The van der Waals surface area contributed by atoms with Crippen LogP contribution in [-0.4, -0.2) is 11.6 Å². The van der Waals surface area contributed by atoms with Gasteiger partial charge in [-0.15, -0.1) is 0 Å². The third-order valence-corrected chi connectivity index (χ3v) is 0.645. The van der Waals surface area contributed by atoms with Crippen LogP contribution in [0.15, 0.2) is 0 Å². The lowest BCUT2D eigenvalue weighted by Crippen LogP contribution is -2.19. The van der Waals surface area contributed by atoms with Gasteiger partial charge >= 0.3 is 0 Å². The molecule has 40 valence electrons. The zero-order valence-electron chi connectivity index (χ0n) is 3.86. The lowest BCUT2D eigenvalue weighted by atomic mass is 10.4. The first kappa shape index (κ1) is 6.49. The molecule has 0 aliphatic carbocycles. The zero-order valence-corrected chi connectivity index (χ0v) is 4.75. The first-order valence-electron chi connectivity index (χ1n) is 1.68. The number of thiol groups is 1. The van der Waals surface area contributed by atoms with Gasteiger partial charge in [0, 0.05) is 0 Å². The molecule has 0 radical (unpaired) electrons. The number of hydrogen-bond acceptors (Lipinski definition) is 3. The Morgan fingerprint density at radius 2 is 2.29 bits per heavy atom. The molecule has 0 rings (SSSR count). The second-order valence-electron chi connectivity index (χ2n) is 1.07. The van der Waals surface area contributed by atoms with E-state index in [9.17, 15) is 4.79 Å². The van der Waals surface area contributed by atoms with E-state index >= 15 is 0 Å². The molecule has 1 amide bonds. The highest BCUT2D eigenvalue weighted by Crippen LogP contribution is 1.69. The minimum Gasteiger partial charge on any atom is -0.300 e. The Morgan fingerprint density at radius 3 is 2.29 bits per heavy atom. The first-order valence-corrected chi connectivity index (χ1v) is 2.12. The molecule has 0 bridgehead atoms. The van der Waals surface area contributed by atoms with E-state index in [0.29, 0.717) is 0 Å². The highest BCUT2D eigenvalue weighted by molar-refractivity contribution is 7.78. The molecule has 4 heteroatoms. The average molecular weight is 118 g/mol. The van der Waals surface area contributed by atoms with E-state index in [4.69, 9.17) is 5.41 Å². The molecule has 3 nitrogen and oxygen atoms in total. The van der Waals surface area contributed by atoms with Crippen LogP contribution >= 0.6 is 12.8 Å². The fraction of sp³-hybridized carbons (Fsp3) is 0.333. The van der Waals surface area contributed by atoms with Gasteiger partial charge in [-0.1, -0.05) is 12.8 Å². The monoisotopic (exact) mass is 118 g/mol. The fourth-order valence-electron chi connectivity index (χ4n) is 0.0839. The average Bonchev–Trinajstić information content (AvgIpc) is 1.65. The normalized spacial score (nSPS) is 7.71. The Labute approximate surface area is 47.2 Å². The number of amides is 1. The van der Waals surface area contributed by atoms with Crippen molar-refractivity contribution in [1.82, 2.24) is 4.72 Å². The molecule has 0 aromatic heterocycles. The van der Waals surface area contributed by atoms with Crippen LogP contribution in [0.2, 0.25) is 0 Å². The van der Waals surface area contributed by atoms with Crippen LogP contribution in [0.3, 0.4) is 0 Å². The summed E-state index contributed by atoms with van der Waals surface area (Å²) in [6.07, 6.45) is 0. The summed E-state index contributed by atoms with van der Waals surface area (Å²) >= 11 is 3.41. The van der Waals surface area contributed by atoms with Crippen LogP contribution in [0.1, 0.15) is 6.92 Å². The van der Waals surface area contributed by atoms with Gasteiger partial charge in [0.05, 0.1) is 5.71 Å². The van der Waals surface area contributed by atoms with E-state index in [0.717, 1.165) is 0 Å². The van der Waals surface area contributed by atoms with Crippen molar-refractivity contribution in [2.45, 2.75) is 6.92 Å². The van der Waals surface area contributed by atoms with Gasteiger partial charge in [-0.25, -0.2) is 0 Å². The van der Waals surface area contributed by atoms with Crippen LogP contribution in [-0.2, 0) is 4.79 Å². The molecular weight excluding hydrogens is 112 g/mol. The lowest BCUT2D eigenvalue weighted by Gasteiger charge is -1.88. The second-order valence-corrected chi connectivity index (χ2v) is 1.29. The summed E-state index contributed by atoms with van der Waals surface area (Å²) in [5, 5.41) is 6.64. The molecule has 0 aliphatic rings. The van der Waals surface area contributed by atoms with Crippen molar-refractivity contribution in [1.29, 1.82) is 5.41 Å². The SMILES string of the molecule is CC(=N)C(=O)NS. The standard InChI is InChI=1S/C3H6N2OS/c1-2(4)3(6)5-7/h4,7H,1H3,(H,5,6). The van der Waals surface area contributed by atoms with E-state index in [1.165, 1.54) is 6.92 Å². The quantitative estimate of drug-likeness (QED) is 0.329. The van der Waals surface area contributed by atoms with Gasteiger partial charge in [0.25, 0.3) is 5.91 Å². The van der Waals surface area contributed by atoms with Crippen molar-refractivity contribution < 1.29 is 4.79 Å². The summed E-state index contributed by atoms with van der Waals surface area (Å²) in [7, 11) is 0. The molecule has 0 heterocycles. The third-order valence-electron chi connectivity index (χ3n) is 0.442. The highest BCUT2D eigenvalue weighted by Gasteiger charge is 1.96. The van der Waals surface area contributed by atoms with Gasteiger partial charge in [0.15, 0.2) is 0 Å². The first-order chi connectivity index (χ1) is 3.18. The third kappa shape index (κ3) is 2.22. The molecule has 0 aromatic rings. The summed E-state index contributed by atoms with van der Waals surface area (Å²) < 4.78 is 2.00. The van der Waals surface area contributed by atoms with E-state index < -0.39 is 5.91 Å². The van der Waals surface area contributed by atoms with Crippen LogP contribution in [0.4, 0.5) is 0 Å². The Kier molecular flexibility index (Phi) is 2.44. The molecular formula is C3H6N2OS. The Hall–Kier alpha value is -0.510. The van der Waals surface area contributed by atoms with Crippen molar-refractivity contribution in [3.05, 3.63) is 0 Å². The number of carbonyl (C=O) groups is 1. The summed E-state index contributed by atoms with van der Waals surface area (Å²) in [6, 6.07) is 0. The van der Waals surface area contributed by atoms with Gasteiger partial charge in [-0.3, -0.25) is 14.9 Å². The minimum absolute atomic E-state index is 0.0324. The van der Waals surface area contributed by atoms with Crippen LogP contribution in [0.25, 0.3) is 0 Å². The van der Waals surface area contributed by atoms with Crippen molar-refractivity contribution in [3.8, 4) is 0 Å².